The summed E-state index contributed by atoms with van der Waals surface area (Å²) in [6, 6.07) is 16.2. The van der Waals surface area contributed by atoms with Crippen LogP contribution in [0.25, 0.3) is 0 Å². The minimum absolute atomic E-state index is 0.0877. The van der Waals surface area contributed by atoms with Gasteiger partial charge in [0.2, 0.25) is 0 Å². The first-order valence-corrected chi connectivity index (χ1v) is 6.10. The van der Waals surface area contributed by atoms with Crippen molar-refractivity contribution in [2.75, 3.05) is 0 Å². The van der Waals surface area contributed by atoms with E-state index in [2.05, 4.69) is 25.1 Å². The molecule has 0 aliphatic rings. The average Bonchev–Trinajstić information content (AvgIpc) is 2.40. The second-order valence-electron chi connectivity index (χ2n) is 4.46. The Balaban J connectivity index is 1.84. The molecule has 2 aromatic carbocycles. The number of rotatable bonds is 5. The van der Waals surface area contributed by atoms with E-state index in [1.807, 2.05) is 30.3 Å². The van der Waals surface area contributed by atoms with Gasteiger partial charge in [-0.3, -0.25) is 0 Å². The number of aliphatic hydroxyl groups excluding tert-OH is 1. The number of ether oxygens (including phenoxy) is 1. The zero-order valence-corrected chi connectivity index (χ0v) is 10.6. The molecule has 2 heteroatoms. The molecule has 0 spiro atoms. The average molecular weight is 242 g/mol. The zero-order valence-electron chi connectivity index (χ0n) is 10.6. The summed E-state index contributed by atoms with van der Waals surface area (Å²) < 4.78 is 5.67. The second-order valence-corrected chi connectivity index (χ2v) is 4.46. The van der Waals surface area contributed by atoms with Crippen molar-refractivity contribution in [3.8, 4) is 0 Å². The third-order valence-corrected chi connectivity index (χ3v) is 2.83. The highest BCUT2D eigenvalue weighted by molar-refractivity contribution is 5.22. The second kappa shape index (κ2) is 6.34. The van der Waals surface area contributed by atoms with E-state index in [-0.39, 0.29) is 6.61 Å². The lowest BCUT2D eigenvalue weighted by Gasteiger charge is -2.06. The predicted molar refractivity (Wildman–Crippen MR) is 72.0 cm³/mol. The van der Waals surface area contributed by atoms with Crippen LogP contribution in [0.2, 0.25) is 0 Å². The lowest BCUT2D eigenvalue weighted by atomic mass is 10.1. The molecular weight excluding hydrogens is 224 g/mol. The number of hydrogen-bond donors (Lipinski definition) is 1. The molecule has 2 nitrogen and oxygen atoms in total. The largest absolute Gasteiger partial charge is 0.392 e. The van der Waals surface area contributed by atoms with E-state index >= 15 is 0 Å². The van der Waals surface area contributed by atoms with E-state index in [0.717, 1.165) is 11.1 Å². The normalized spacial score (nSPS) is 10.6. The van der Waals surface area contributed by atoms with Gasteiger partial charge in [0.05, 0.1) is 19.8 Å². The SMILES string of the molecule is Cc1cccc(COCc2ccc(CO)cc2)c1. The van der Waals surface area contributed by atoms with Gasteiger partial charge in [-0.1, -0.05) is 54.1 Å². The summed E-state index contributed by atoms with van der Waals surface area (Å²) >= 11 is 0. The van der Waals surface area contributed by atoms with Crippen LogP contribution in [0.1, 0.15) is 22.3 Å². The lowest BCUT2D eigenvalue weighted by molar-refractivity contribution is 0.107. The molecular formula is C16H18O2. The van der Waals surface area contributed by atoms with E-state index in [1.165, 1.54) is 11.1 Å². The van der Waals surface area contributed by atoms with Crippen molar-refractivity contribution in [3.05, 3.63) is 70.8 Å². The molecule has 0 heterocycles. The van der Waals surface area contributed by atoms with Crippen LogP contribution in [0.5, 0.6) is 0 Å². The van der Waals surface area contributed by atoms with Crippen molar-refractivity contribution in [1.82, 2.24) is 0 Å². The Morgan fingerprint density at radius 2 is 1.56 bits per heavy atom. The van der Waals surface area contributed by atoms with Gasteiger partial charge in [-0.2, -0.15) is 0 Å². The highest BCUT2D eigenvalue weighted by Crippen LogP contribution is 2.09. The van der Waals surface area contributed by atoms with E-state index in [9.17, 15) is 0 Å². The van der Waals surface area contributed by atoms with Crippen LogP contribution >= 0.6 is 0 Å². The van der Waals surface area contributed by atoms with Crippen LogP contribution in [0, 0.1) is 6.92 Å². The predicted octanol–water partition coefficient (Wildman–Crippen LogP) is 3.20. The Kier molecular flexibility index (Phi) is 4.51. The number of aliphatic hydroxyl groups is 1. The summed E-state index contributed by atoms with van der Waals surface area (Å²) in [6.45, 7) is 3.39. The molecule has 0 atom stereocenters. The summed E-state index contributed by atoms with van der Waals surface area (Å²) in [6.07, 6.45) is 0. The first-order valence-electron chi connectivity index (χ1n) is 6.10. The van der Waals surface area contributed by atoms with Crippen molar-refractivity contribution in [3.63, 3.8) is 0 Å². The third kappa shape index (κ3) is 3.69. The molecule has 0 radical (unpaired) electrons. The fourth-order valence-electron chi connectivity index (χ4n) is 1.83. The van der Waals surface area contributed by atoms with E-state index < -0.39 is 0 Å². The summed E-state index contributed by atoms with van der Waals surface area (Å²) in [4.78, 5) is 0. The van der Waals surface area contributed by atoms with Crippen molar-refractivity contribution in [2.45, 2.75) is 26.7 Å². The lowest BCUT2D eigenvalue weighted by Crippen LogP contribution is -1.95. The van der Waals surface area contributed by atoms with Gasteiger partial charge in [0, 0.05) is 0 Å². The van der Waals surface area contributed by atoms with Crippen LogP contribution in [0.4, 0.5) is 0 Å². The molecule has 1 N–H and O–H groups in total. The maximum absolute atomic E-state index is 8.95. The maximum atomic E-state index is 8.95. The maximum Gasteiger partial charge on any atom is 0.0721 e. The molecule has 0 fully saturated rings. The molecule has 0 aliphatic carbocycles. The molecule has 0 unspecified atom stereocenters. The first-order chi connectivity index (χ1) is 8.78. The molecule has 94 valence electrons. The van der Waals surface area contributed by atoms with Gasteiger partial charge >= 0.3 is 0 Å². The molecule has 2 aromatic rings. The minimum Gasteiger partial charge on any atom is -0.392 e. The van der Waals surface area contributed by atoms with Crippen molar-refractivity contribution in [1.29, 1.82) is 0 Å². The van der Waals surface area contributed by atoms with Gasteiger partial charge in [-0.25, -0.2) is 0 Å². The van der Waals surface area contributed by atoms with Crippen LogP contribution in [0.3, 0.4) is 0 Å². The Morgan fingerprint density at radius 3 is 2.22 bits per heavy atom. The monoisotopic (exact) mass is 242 g/mol. The van der Waals surface area contributed by atoms with E-state index in [0.29, 0.717) is 13.2 Å². The first kappa shape index (κ1) is 12.8. The van der Waals surface area contributed by atoms with Gasteiger partial charge in [0.15, 0.2) is 0 Å². The molecule has 0 saturated carbocycles. The Bertz CT molecular complexity index is 489. The summed E-state index contributed by atoms with van der Waals surface area (Å²) in [5.41, 5.74) is 4.50. The van der Waals surface area contributed by atoms with Gasteiger partial charge in [0.25, 0.3) is 0 Å². The van der Waals surface area contributed by atoms with Crippen LogP contribution in [-0.4, -0.2) is 5.11 Å². The fourth-order valence-corrected chi connectivity index (χ4v) is 1.83. The van der Waals surface area contributed by atoms with E-state index in [1.54, 1.807) is 0 Å². The minimum atomic E-state index is 0.0877. The summed E-state index contributed by atoms with van der Waals surface area (Å²) in [5, 5.41) is 8.95. The van der Waals surface area contributed by atoms with Crippen LogP contribution in [0.15, 0.2) is 48.5 Å². The summed E-state index contributed by atoms with van der Waals surface area (Å²) in [7, 11) is 0. The highest BCUT2D eigenvalue weighted by atomic mass is 16.5. The molecule has 0 saturated heterocycles. The highest BCUT2D eigenvalue weighted by Gasteiger charge is 1.96. The molecule has 0 aromatic heterocycles. The molecule has 0 amide bonds. The standard InChI is InChI=1S/C16H18O2/c1-13-3-2-4-16(9-13)12-18-11-15-7-5-14(10-17)6-8-15/h2-9,17H,10-12H2,1H3. The van der Waals surface area contributed by atoms with Crippen molar-refractivity contribution < 1.29 is 9.84 Å². The molecule has 18 heavy (non-hydrogen) atoms. The smallest absolute Gasteiger partial charge is 0.0721 e. The van der Waals surface area contributed by atoms with Crippen molar-refractivity contribution >= 4 is 0 Å². The topological polar surface area (TPSA) is 29.5 Å². The quantitative estimate of drug-likeness (QED) is 0.872. The number of aryl methyl sites for hydroxylation is 1. The van der Waals surface area contributed by atoms with Gasteiger partial charge < -0.3 is 9.84 Å². The van der Waals surface area contributed by atoms with E-state index in [4.69, 9.17) is 9.84 Å². The Labute approximate surface area is 108 Å². The van der Waals surface area contributed by atoms with Gasteiger partial charge in [-0.15, -0.1) is 0 Å². The van der Waals surface area contributed by atoms with Crippen molar-refractivity contribution in [2.24, 2.45) is 0 Å². The van der Waals surface area contributed by atoms with Gasteiger partial charge in [-0.05, 0) is 23.6 Å². The summed E-state index contributed by atoms with van der Waals surface area (Å²) in [5.74, 6) is 0. The Hall–Kier alpha value is -1.64. The zero-order chi connectivity index (χ0) is 12.8. The number of hydrogen-bond acceptors (Lipinski definition) is 2. The molecule has 0 aliphatic heterocycles. The molecule has 2 rings (SSSR count). The number of benzene rings is 2. The Morgan fingerprint density at radius 1 is 0.889 bits per heavy atom. The fraction of sp³-hybridized carbons (Fsp3) is 0.250. The third-order valence-electron chi connectivity index (χ3n) is 2.83. The van der Waals surface area contributed by atoms with Crippen LogP contribution in [-0.2, 0) is 24.6 Å². The van der Waals surface area contributed by atoms with Crippen LogP contribution < -0.4 is 0 Å². The molecule has 0 bridgehead atoms. The van der Waals surface area contributed by atoms with Gasteiger partial charge in [0.1, 0.15) is 0 Å².